The quantitative estimate of drug-likeness (QED) is 0.510. The van der Waals surface area contributed by atoms with E-state index in [0.717, 1.165) is 0 Å². The zero-order chi connectivity index (χ0) is 9.64. The Balaban J connectivity index is 2.19. The minimum absolute atomic E-state index is 0.208. The normalized spacial score (nSPS) is 42.7. The van der Waals surface area contributed by atoms with Crippen molar-refractivity contribution in [2.24, 2.45) is 0 Å². The summed E-state index contributed by atoms with van der Waals surface area (Å²) in [5, 5.41) is 12.1. The second-order valence-electron chi connectivity index (χ2n) is 3.83. The molecule has 0 aromatic heterocycles. The predicted molar refractivity (Wildman–Crippen MR) is 42.8 cm³/mol. The second kappa shape index (κ2) is 2.67. The van der Waals surface area contributed by atoms with Crippen LogP contribution < -0.4 is 5.32 Å². The van der Waals surface area contributed by atoms with Gasteiger partial charge >= 0.3 is 0 Å². The van der Waals surface area contributed by atoms with Gasteiger partial charge in [-0.1, -0.05) is 0 Å². The third kappa shape index (κ3) is 1.43. The number of carbonyl (C=O) groups is 1. The van der Waals surface area contributed by atoms with Crippen molar-refractivity contribution in [3.63, 3.8) is 0 Å². The zero-order valence-corrected chi connectivity index (χ0v) is 7.61. The van der Waals surface area contributed by atoms with Crippen molar-refractivity contribution in [1.29, 1.82) is 0 Å². The molecule has 3 atom stereocenters. The van der Waals surface area contributed by atoms with Crippen LogP contribution in [0.3, 0.4) is 0 Å². The Morgan fingerprint density at radius 3 is 2.85 bits per heavy atom. The standard InChI is InChI=1S/C8H13NO4/c1-8(2)12-5-4(10)3-9-7(11)6(5)13-8/h4-6,10H,3H2,1-2H3,(H,9,11)/t4-,5-,6-/m1/s1. The van der Waals surface area contributed by atoms with E-state index in [-0.39, 0.29) is 12.5 Å². The Bertz CT molecular complexity index is 240. The van der Waals surface area contributed by atoms with E-state index in [1.54, 1.807) is 13.8 Å². The summed E-state index contributed by atoms with van der Waals surface area (Å²) in [5.41, 5.74) is 0. The van der Waals surface area contributed by atoms with Gasteiger partial charge < -0.3 is 19.9 Å². The Labute approximate surface area is 76.0 Å². The first-order chi connectivity index (χ1) is 5.99. The fourth-order valence-corrected chi connectivity index (χ4v) is 1.70. The second-order valence-corrected chi connectivity index (χ2v) is 3.83. The fraction of sp³-hybridized carbons (Fsp3) is 0.875. The summed E-state index contributed by atoms with van der Waals surface area (Å²) >= 11 is 0. The van der Waals surface area contributed by atoms with Gasteiger partial charge in [-0.3, -0.25) is 4.79 Å². The highest BCUT2D eigenvalue weighted by atomic mass is 16.8. The number of aliphatic hydroxyl groups is 1. The van der Waals surface area contributed by atoms with E-state index in [2.05, 4.69) is 5.32 Å². The van der Waals surface area contributed by atoms with Gasteiger partial charge in [-0.15, -0.1) is 0 Å². The number of piperidine rings is 1. The molecule has 2 aliphatic heterocycles. The number of ether oxygens (including phenoxy) is 2. The van der Waals surface area contributed by atoms with Crippen molar-refractivity contribution in [3.05, 3.63) is 0 Å². The monoisotopic (exact) mass is 187 g/mol. The van der Waals surface area contributed by atoms with E-state index in [1.807, 2.05) is 0 Å². The molecule has 74 valence electrons. The van der Waals surface area contributed by atoms with E-state index in [1.165, 1.54) is 0 Å². The van der Waals surface area contributed by atoms with Gasteiger partial charge in [0, 0.05) is 6.54 Å². The molecule has 5 heteroatoms. The Kier molecular flexibility index (Phi) is 1.83. The zero-order valence-electron chi connectivity index (χ0n) is 7.61. The molecular formula is C8H13NO4. The lowest BCUT2D eigenvalue weighted by Gasteiger charge is -2.27. The Morgan fingerprint density at radius 1 is 1.54 bits per heavy atom. The maximum absolute atomic E-state index is 11.3. The van der Waals surface area contributed by atoms with Crippen LogP contribution in [0.5, 0.6) is 0 Å². The summed E-state index contributed by atoms with van der Waals surface area (Å²) in [5.74, 6) is -0.987. The highest BCUT2D eigenvalue weighted by molar-refractivity contribution is 5.82. The van der Waals surface area contributed by atoms with Gasteiger partial charge in [0.15, 0.2) is 11.9 Å². The molecule has 0 saturated carbocycles. The molecular weight excluding hydrogens is 174 g/mol. The van der Waals surface area contributed by atoms with Crippen LogP contribution >= 0.6 is 0 Å². The molecule has 2 N–H and O–H groups in total. The highest BCUT2D eigenvalue weighted by Gasteiger charge is 2.50. The van der Waals surface area contributed by atoms with Gasteiger partial charge in [-0.2, -0.15) is 0 Å². The van der Waals surface area contributed by atoms with Crippen LogP contribution in [0.25, 0.3) is 0 Å². The average molecular weight is 187 g/mol. The van der Waals surface area contributed by atoms with Crippen LogP contribution in [0.1, 0.15) is 13.8 Å². The van der Waals surface area contributed by atoms with Gasteiger partial charge in [0.25, 0.3) is 5.91 Å². The minimum Gasteiger partial charge on any atom is -0.388 e. The van der Waals surface area contributed by atoms with Gasteiger partial charge in [0.05, 0.1) is 0 Å². The molecule has 13 heavy (non-hydrogen) atoms. The molecule has 2 rings (SSSR count). The first-order valence-electron chi connectivity index (χ1n) is 4.31. The number of rotatable bonds is 0. The molecule has 0 aromatic rings. The van der Waals surface area contributed by atoms with E-state index in [0.29, 0.717) is 0 Å². The number of hydrogen-bond acceptors (Lipinski definition) is 4. The summed E-state index contributed by atoms with van der Waals surface area (Å²) in [6, 6.07) is 0. The lowest BCUT2D eigenvalue weighted by atomic mass is 10.0. The Hall–Kier alpha value is -0.650. The summed E-state index contributed by atoms with van der Waals surface area (Å²) in [7, 11) is 0. The summed E-state index contributed by atoms with van der Waals surface area (Å²) in [4.78, 5) is 11.3. The van der Waals surface area contributed by atoms with Gasteiger partial charge in [0.2, 0.25) is 0 Å². The molecule has 2 heterocycles. The number of amides is 1. The maximum Gasteiger partial charge on any atom is 0.252 e. The van der Waals surface area contributed by atoms with Gasteiger partial charge in [-0.25, -0.2) is 0 Å². The number of nitrogens with one attached hydrogen (secondary N) is 1. The third-order valence-corrected chi connectivity index (χ3v) is 2.25. The van der Waals surface area contributed by atoms with Gasteiger partial charge in [0.1, 0.15) is 12.2 Å². The summed E-state index contributed by atoms with van der Waals surface area (Å²) in [6.45, 7) is 3.69. The summed E-state index contributed by atoms with van der Waals surface area (Å²) in [6.07, 6.45) is -1.87. The maximum atomic E-state index is 11.3. The third-order valence-electron chi connectivity index (χ3n) is 2.25. The molecule has 2 fully saturated rings. The van der Waals surface area contributed by atoms with E-state index < -0.39 is 24.1 Å². The largest absolute Gasteiger partial charge is 0.388 e. The van der Waals surface area contributed by atoms with Crippen molar-refractivity contribution < 1.29 is 19.4 Å². The number of β-amino-alcohol motifs (C(OH)–C–C–N with tert-alkyl or cyclic N) is 1. The van der Waals surface area contributed by atoms with Crippen LogP contribution in [-0.2, 0) is 14.3 Å². The SMILES string of the molecule is CC1(C)O[C@@H]2[C@H](O)CNC(=O)[C@@H]2O1. The predicted octanol–water partition coefficient (Wildman–Crippen LogP) is -1.00. The summed E-state index contributed by atoms with van der Waals surface area (Å²) < 4.78 is 10.7. The molecule has 2 aliphatic rings. The molecule has 5 nitrogen and oxygen atoms in total. The lowest BCUT2D eigenvalue weighted by Crippen LogP contribution is -2.55. The molecule has 0 aliphatic carbocycles. The number of aliphatic hydroxyl groups excluding tert-OH is 1. The first-order valence-corrected chi connectivity index (χ1v) is 4.31. The molecule has 0 bridgehead atoms. The van der Waals surface area contributed by atoms with Crippen LogP contribution in [0.15, 0.2) is 0 Å². The molecule has 2 saturated heterocycles. The van der Waals surface area contributed by atoms with Gasteiger partial charge in [-0.05, 0) is 13.8 Å². The number of carbonyl (C=O) groups excluding carboxylic acids is 1. The fourth-order valence-electron chi connectivity index (χ4n) is 1.70. The van der Waals surface area contributed by atoms with E-state index in [4.69, 9.17) is 9.47 Å². The van der Waals surface area contributed by atoms with Crippen LogP contribution in [-0.4, -0.2) is 41.7 Å². The first kappa shape index (κ1) is 8.93. The molecule has 0 spiro atoms. The lowest BCUT2D eigenvalue weighted by molar-refractivity contribution is -0.156. The van der Waals surface area contributed by atoms with Crippen LogP contribution in [0.4, 0.5) is 0 Å². The topological polar surface area (TPSA) is 67.8 Å². The number of hydrogen-bond donors (Lipinski definition) is 2. The molecule has 0 radical (unpaired) electrons. The van der Waals surface area contributed by atoms with Crippen molar-refractivity contribution in [1.82, 2.24) is 5.32 Å². The average Bonchev–Trinajstić information content (AvgIpc) is 2.35. The number of fused-ring (bicyclic) bond motifs is 1. The Morgan fingerprint density at radius 2 is 2.23 bits per heavy atom. The van der Waals surface area contributed by atoms with Crippen LogP contribution in [0, 0.1) is 0 Å². The van der Waals surface area contributed by atoms with Crippen molar-refractivity contribution in [2.75, 3.05) is 6.54 Å². The molecule has 0 unspecified atom stereocenters. The molecule has 1 amide bonds. The van der Waals surface area contributed by atoms with Crippen molar-refractivity contribution >= 4 is 5.91 Å². The minimum atomic E-state index is -0.780. The van der Waals surface area contributed by atoms with E-state index in [9.17, 15) is 9.90 Å². The highest BCUT2D eigenvalue weighted by Crippen LogP contribution is 2.31. The van der Waals surface area contributed by atoms with Crippen molar-refractivity contribution in [2.45, 2.75) is 37.9 Å². The van der Waals surface area contributed by atoms with Crippen LogP contribution in [0.2, 0.25) is 0 Å². The van der Waals surface area contributed by atoms with E-state index >= 15 is 0 Å². The smallest absolute Gasteiger partial charge is 0.252 e. The van der Waals surface area contributed by atoms with Crippen molar-refractivity contribution in [3.8, 4) is 0 Å². The molecule has 0 aromatic carbocycles.